The predicted octanol–water partition coefficient (Wildman–Crippen LogP) is 4.27. The minimum absolute atomic E-state index is 0.0783. The Hall–Kier alpha value is -2.96. The van der Waals surface area contributed by atoms with E-state index >= 15 is 0 Å². The normalized spacial score (nSPS) is 15.7. The van der Waals surface area contributed by atoms with Crippen molar-refractivity contribution < 1.29 is 14.1 Å². The fourth-order valence-corrected chi connectivity index (χ4v) is 3.85. The van der Waals surface area contributed by atoms with Crippen molar-refractivity contribution in [3.63, 3.8) is 0 Å². The van der Waals surface area contributed by atoms with Crippen molar-refractivity contribution in [3.05, 3.63) is 77.5 Å². The molecule has 0 bridgehead atoms. The van der Waals surface area contributed by atoms with Crippen LogP contribution in [0.15, 0.2) is 65.2 Å². The van der Waals surface area contributed by atoms with Crippen molar-refractivity contribution in [2.45, 2.75) is 25.8 Å². The van der Waals surface area contributed by atoms with Gasteiger partial charge in [0, 0.05) is 31.3 Å². The standard InChI is InChI=1S/C25H29N3O3/c1-18(2)19-8-10-20(11-9-19)23(28-12-14-30-15-13-28)17-26-25(29)22-16-24(31-27-22)21-6-4-3-5-7-21/h3-11,16,18,23H,12-15,17H2,1-2H3,(H,26,29). The summed E-state index contributed by atoms with van der Waals surface area (Å²) in [6.07, 6.45) is 0. The molecule has 0 aliphatic carbocycles. The van der Waals surface area contributed by atoms with Crippen LogP contribution in [-0.4, -0.2) is 48.8 Å². The molecule has 1 atom stereocenters. The molecule has 1 aliphatic heterocycles. The summed E-state index contributed by atoms with van der Waals surface area (Å²) in [5.74, 6) is 0.837. The van der Waals surface area contributed by atoms with Gasteiger partial charge in [0.2, 0.25) is 0 Å². The highest BCUT2D eigenvalue weighted by atomic mass is 16.5. The Morgan fingerprint density at radius 3 is 2.39 bits per heavy atom. The molecule has 0 saturated carbocycles. The molecule has 1 fully saturated rings. The summed E-state index contributed by atoms with van der Waals surface area (Å²) < 4.78 is 10.9. The van der Waals surface area contributed by atoms with E-state index in [0.29, 0.717) is 31.4 Å². The number of nitrogens with zero attached hydrogens (tertiary/aromatic N) is 2. The van der Waals surface area contributed by atoms with Crippen LogP contribution in [0.1, 0.15) is 47.4 Å². The first-order chi connectivity index (χ1) is 15.1. The second kappa shape index (κ2) is 9.90. The maximum absolute atomic E-state index is 12.8. The van der Waals surface area contributed by atoms with Crippen molar-refractivity contribution in [2.24, 2.45) is 0 Å². The van der Waals surface area contributed by atoms with Crippen molar-refractivity contribution in [2.75, 3.05) is 32.8 Å². The van der Waals surface area contributed by atoms with Gasteiger partial charge in [0.05, 0.1) is 19.3 Å². The number of carbonyl (C=O) groups is 1. The maximum atomic E-state index is 12.8. The first-order valence-corrected chi connectivity index (χ1v) is 10.8. The van der Waals surface area contributed by atoms with E-state index in [2.05, 4.69) is 53.5 Å². The molecule has 1 unspecified atom stereocenters. The minimum atomic E-state index is -0.233. The quantitative estimate of drug-likeness (QED) is 0.620. The smallest absolute Gasteiger partial charge is 0.273 e. The highest BCUT2D eigenvalue weighted by molar-refractivity contribution is 5.93. The fraction of sp³-hybridized carbons (Fsp3) is 0.360. The van der Waals surface area contributed by atoms with Gasteiger partial charge in [-0.3, -0.25) is 9.69 Å². The lowest BCUT2D eigenvalue weighted by atomic mass is 9.98. The van der Waals surface area contributed by atoms with Gasteiger partial charge in [-0.25, -0.2) is 0 Å². The molecule has 2 heterocycles. The van der Waals surface area contributed by atoms with Gasteiger partial charge < -0.3 is 14.6 Å². The van der Waals surface area contributed by atoms with Crippen molar-refractivity contribution in [1.82, 2.24) is 15.4 Å². The van der Waals surface area contributed by atoms with Gasteiger partial charge in [0.25, 0.3) is 5.91 Å². The number of nitrogens with one attached hydrogen (secondary N) is 1. The van der Waals surface area contributed by atoms with E-state index in [9.17, 15) is 4.79 Å². The highest BCUT2D eigenvalue weighted by Crippen LogP contribution is 2.24. The van der Waals surface area contributed by atoms with Crippen molar-refractivity contribution in [1.29, 1.82) is 0 Å². The van der Waals surface area contributed by atoms with Crippen LogP contribution in [0.3, 0.4) is 0 Å². The maximum Gasteiger partial charge on any atom is 0.273 e. The summed E-state index contributed by atoms with van der Waals surface area (Å²) in [5.41, 5.74) is 3.68. The molecule has 3 aromatic rings. The first kappa shape index (κ1) is 21.3. The monoisotopic (exact) mass is 419 g/mol. The zero-order valence-corrected chi connectivity index (χ0v) is 18.1. The fourth-order valence-electron chi connectivity index (χ4n) is 3.85. The Morgan fingerprint density at radius 1 is 1.03 bits per heavy atom. The van der Waals surface area contributed by atoms with E-state index in [4.69, 9.17) is 9.26 Å². The SMILES string of the molecule is CC(C)c1ccc(C(CNC(=O)c2cc(-c3ccccc3)on2)N2CCOCC2)cc1. The van der Waals surface area contributed by atoms with Crippen LogP contribution < -0.4 is 5.32 Å². The topological polar surface area (TPSA) is 67.6 Å². The number of benzene rings is 2. The van der Waals surface area contributed by atoms with Gasteiger partial charge in [-0.1, -0.05) is 73.6 Å². The summed E-state index contributed by atoms with van der Waals surface area (Å²) in [5, 5.41) is 7.02. The van der Waals surface area contributed by atoms with E-state index in [1.165, 1.54) is 11.1 Å². The molecule has 162 valence electrons. The van der Waals surface area contributed by atoms with E-state index in [-0.39, 0.29) is 17.6 Å². The average molecular weight is 420 g/mol. The van der Waals surface area contributed by atoms with Gasteiger partial charge in [0.15, 0.2) is 11.5 Å². The summed E-state index contributed by atoms with van der Waals surface area (Å²) in [4.78, 5) is 15.1. The number of amides is 1. The Kier molecular flexibility index (Phi) is 6.79. The van der Waals surface area contributed by atoms with E-state index in [0.717, 1.165) is 18.7 Å². The molecule has 1 aromatic heterocycles. The molecule has 6 heteroatoms. The lowest BCUT2D eigenvalue weighted by Gasteiger charge is -2.35. The zero-order chi connectivity index (χ0) is 21.6. The molecule has 2 aromatic carbocycles. The summed E-state index contributed by atoms with van der Waals surface area (Å²) >= 11 is 0. The highest BCUT2D eigenvalue weighted by Gasteiger charge is 2.24. The van der Waals surface area contributed by atoms with Crippen LogP contribution >= 0.6 is 0 Å². The van der Waals surface area contributed by atoms with Crippen LogP contribution in [-0.2, 0) is 4.74 Å². The molecule has 0 spiro atoms. The van der Waals surface area contributed by atoms with Crippen LogP contribution in [0.4, 0.5) is 0 Å². The molecular weight excluding hydrogens is 390 g/mol. The van der Waals surface area contributed by atoms with Crippen LogP contribution in [0.25, 0.3) is 11.3 Å². The molecule has 1 aliphatic rings. The lowest BCUT2D eigenvalue weighted by molar-refractivity contribution is 0.0162. The van der Waals surface area contributed by atoms with Crippen LogP contribution in [0.2, 0.25) is 0 Å². The second-order valence-electron chi connectivity index (χ2n) is 8.14. The molecular formula is C25H29N3O3. The van der Waals surface area contributed by atoms with E-state index in [1.807, 2.05) is 30.3 Å². The molecule has 1 N–H and O–H groups in total. The minimum Gasteiger partial charge on any atom is -0.379 e. The molecule has 1 saturated heterocycles. The third kappa shape index (κ3) is 5.21. The third-order valence-corrected chi connectivity index (χ3v) is 5.73. The Morgan fingerprint density at radius 2 is 1.71 bits per heavy atom. The van der Waals surface area contributed by atoms with Crippen molar-refractivity contribution >= 4 is 5.91 Å². The van der Waals surface area contributed by atoms with E-state index < -0.39 is 0 Å². The van der Waals surface area contributed by atoms with Gasteiger partial charge >= 0.3 is 0 Å². The Balaban J connectivity index is 1.47. The average Bonchev–Trinajstić information content (AvgIpc) is 3.31. The Bertz CT molecular complexity index is 977. The number of hydrogen-bond donors (Lipinski definition) is 1. The summed E-state index contributed by atoms with van der Waals surface area (Å²) in [7, 11) is 0. The molecule has 31 heavy (non-hydrogen) atoms. The second-order valence-corrected chi connectivity index (χ2v) is 8.14. The van der Waals surface area contributed by atoms with Crippen molar-refractivity contribution in [3.8, 4) is 11.3 Å². The summed E-state index contributed by atoms with van der Waals surface area (Å²) in [6.45, 7) is 7.97. The third-order valence-electron chi connectivity index (χ3n) is 5.73. The molecule has 4 rings (SSSR count). The first-order valence-electron chi connectivity index (χ1n) is 10.8. The van der Waals surface area contributed by atoms with Gasteiger partial charge in [-0.2, -0.15) is 0 Å². The number of rotatable bonds is 7. The van der Waals surface area contributed by atoms with Crippen LogP contribution in [0.5, 0.6) is 0 Å². The number of hydrogen-bond acceptors (Lipinski definition) is 5. The predicted molar refractivity (Wildman–Crippen MR) is 120 cm³/mol. The number of carbonyl (C=O) groups excluding carboxylic acids is 1. The molecule has 1 amide bonds. The van der Waals surface area contributed by atoms with Gasteiger partial charge in [-0.05, 0) is 17.0 Å². The van der Waals surface area contributed by atoms with E-state index in [1.54, 1.807) is 6.07 Å². The number of ether oxygens (including phenoxy) is 1. The van der Waals surface area contributed by atoms with Gasteiger partial charge in [0.1, 0.15) is 0 Å². The summed E-state index contributed by atoms with van der Waals surface area (Å²) in [6, 6.07) is 20.1. The zero-order valence-electron chi connectivity index (χ0n) is 18.1. The number of aromatic nitrogens is 1. The Labute approximate surface area is 183 Å². The lowest BCUT2D eigenvalue weighted by Crippen LogP contribution is -2.43. The largest absolute Gasteiger partial charge is 0.379 e. The molecule has 0 radical (unpaired) electrons. The van der Waals surface area contributed by atoms with Gasteiger partial charge in [-0.15, -0.1) is 0 Å². The molecule has 6 nitrogen and oxygen atoms in total. The number of morpholine rings is 1. The van der Waals surface area contributed by atoms with Crippen LogP contribution in [0, 0.1) is 0 Å².